The topological polar surface area (TPSA) is 47.0 Å². The van der Waals surface area contributed by atoms with Crippen LogP contribution in [0.1, 0.15) is 12.8 Å². The molecule has 2 rings (SSSR count). The van der Waals surface area contributed by atoms with Gasteiger partial charge in [0.2, 0.25) is 5.95 Å². The molecule has 1 aromatic rings. The summed E-state index contributed by atoms with van der Waals surface area (Å²) in [7, 11) is 1.75. The van der Waals surface area contributed by atoms with Gasteiger partial charge >= 0.3 is 0 Å². The van der Waals surface area contributed by atoms with Gasteiger partial charge in [-0.2, -0.15) is 0 Å². The van der Waals surface area contributed by atoms with Crippen LogP contribution in [0.2, 0.25) is 0 Å². The van der Waals surface area contributed by atoms with Crippen LogP contribution < -0.4 is 5.32 Å². The van der Waals surface area contributed by atoms with Crippen molar-refractivity contribution in [2.24, 2.45) is 0 Å². The molecule has 0 aliphatic heterocycles. The summed E-state index contributed by atoms with van der Waals surface area (Å²) in [6, 6.07) is 2.29. The van der Waals surface area contributed by atoms with Gasteiger partial charge in [-0.25, -0.2) is 9.97 Å². The molecule has 0 aromatic carbocycles. The average molecular weight is 179 g/mol. The molecule has 0 bridgehead atoms. The summed E-state index contributed by atoms with van der Waals surface area (Å²) in [6.45, 7) is 0. The summed E-state index contributed by atoms with van der Waals surface area (Å²) in [5, 5.41) is 3.24. The van der Waals surface area contributed by atoms with Crippen molar-refractivity contribution in [3.63, 3.8) is 0 Å². The van der Waals surface area contributed by atoms with Crippen molar-refractivity contribution in [3.8, 4) is 0 Å². The molecule has 0 atom stereocenters. The highest BCUT2D eigenvalue weighted by molar-refractivity contribution is 5.25. The lowest BCUT2D eigenvalue weighted by Crippen LogP contribution is -2.40. The fourth-order valence-corrected chi connectivity index (χ4v) is 1.43. The number of aromatic nitrogens is 2. The average Bonchev–Trinajstić information content (AvgIpc) is 2.12. The first kappa shape index (κ1) is 8.44. The first-order valence-corrected chi connectivity index (χ1v) is 4.45. The van der Waals surface area contributed by atoms with Crippen molar-refractivity contribution in [2.75, 3.05) is 12.4 Å². The molecule has 1 heterocycles. The van der Waals surface area contributed by atoms with Gasteiger partial charge in [0.15, 0.2) is 0 Å². The van der Waals surface area contributed by atoms with Crippen LogP contribution >= 0.6 is 0 Å². The Hall–Kier alpha value is -1.16. The Morgan fingerprint density at radius 3 is 2.69 bits per heavy atom. The Morgan fingerprint density at radius 1 is 1.38 bits per heavy atom. The molecule has 1 saturated carbocycles. The van der Waals surface area contributed by atoms with Crippen LogP contribution in [-0.2, 0) is 4.74 Å². The quantitative estimate of drug-likeness (QED) is 0.753. The molecule has 70 valence electrons. The minimum absolute atomic E-state index is 0.418. The maximum absolute atomic E-state index is 5.17. The minimum atomic E-state index is 0.418. The maximum atomic E-state index is 5.17. The summed E-state index contributed by atoms with van der Waals surface area (Å²) in [5.74, 6) is 0.710. The van der Waals surface area contributed by atoms with E-state index in [1.807, 2.05) is 6.07 Å². The van der Waals surface area contributed by atoms with E-state index >= 15 is 0 Å². The molecule has 0 unspecified atom stereocenters. The van der Waals surface area contributed by atoms with Gasteiger partial charge in [-0.3, -0.25) is 0 Å². The van der Waals surface area contributed by atoms with Gasteiger partial charge in [0.05, 0.1) is 6.10 Å². The molecule has 1 aliphatic rings. The van der Waals surface area contributed by atoms with Gasteiger partial charge in [-0.1, -0.05) is 0 Å². The standard InChI is InChI=1S/C9H13N3O/c1-13-8-5-7(6-8)12-9-10-3-2-4-11-9/h2-4,7-8H,5-6H2,1H3,(H,10,11,12). The van der Waals surface area contributed by atoms with E-state index in [1.54, 1.807) is 19.5 Å². The van der Waals surface area contributed by atoms with Crippen molar-refractivity contribution in [2.45, 2.75) is 25.0 Å². The molecule has 0 spiro atoms. The van der Waals surface area contributed by atoms with E-state index in [0.717, 1.165) is 12.8 Å². The third kappa shape index (κ3) is 1.95. The smallest absolute Gasteiger partial charge is 0.222 e. The van der Waals surface area contributed by atoms with E-state index < -0.39 is 0 Å². The number of hydrogen-bond acceptors (Lipinski definition) is 4. The van der Waals surface area contributed by atoms with Gasteiger partial charge in [-0.05, 0) is 18.9 Å². The van der Waals surface area contributed by atoms with Crippen LogP contribution in [0.4, 0.5) is 5.95 Å². The summed E-state index contributed by atoms with van der Waals surface area (Å²) >= 11 is 0. The van der Waals surface area contributed by atoms with Crippen LogP contribution in [0.25, 0.3) is 0 Å². The highest BCUT2D eigenvalue weighted by Gasteiger charge is 2.29. The first-order valence-electron chi connectivity index (χ1n) is 4.45. The monoisotopic (exact) mass is 179 g/mol. The summed E-state index contributed by atoms with van der Waals surface area (Å²) in [5.41, 5.74) is 0. The number of rotatable bonds is 3. The van der Waals surface area contributed by atoms with Crippen LogP contribution in [0, 0.1) is 0 Å². The number of ether oxygens (including phenoxy) is 1. The lowest BCUT2D eigenvalue weighted by Gasteiger charge is -2.34. The lowest BCUT2D eigenvalue weighted by atomic mass is 9.89. The van der Waals surface area contributed by atoms with Gasteiger partial charge in [0.1, 0.15) is 0 Å². The molecule has 1 fully saturated rings. The van der Waals surface area contributed by atoms with Gasteiger partial charge in [-0.15, -0.1) is 0 Å². The van der Waals surface area contributed by atoms with E-state index in [1.165, 1.54) is 0 Å². The first-order chi connectivity index (χ1) is 6.38. The molecule has 4 nitrogen and oxygen atoms in total. The van der Waals surface area contributed by atoms with Crippen molar-refractivity contribution in [1.29, 1.82) is 0 Å². The Bertz CT molecular complexity index is 259. The normalized spacial score (nSPS) is 26.5. The molecular formula is C9H13N3O. The highest BCUT2D eigenvalue weighted by atomic mass is 16.5. The predicted molar refractivity (Wildman–Crippen MR) is 49.5 cm³/mol. The van der Waals surface area contributed by atoms with Crippen molar-refractivity contribution < 1.29 is 4.74 Å². The molecule has 1 aromatic heterocycles. The van der Waals surface area contributed by atoms with Crippen LogP contribution in [0.5, 0.6) is 0 Å². The fourth-order valence-electron chi connectivity index (χ4n) is 1.43. The second-order valence-corrected chi connectivity index (χ2v) is 3.24. The number of anilines is 1. The Balaban J connectivity index is 1.81. The van der Waals surface area contributed by atoms with Gasteiger partial charge in [0, 0.05) is 25.5 Å². The summed E-state index contributed by atoms with van der Waals surface area (Å²) < 4.78 is 5.17. The maximum Gasteiger partial charge on any atom is 0.222 e. The Morgan fingerprint density at radius 2 is 2.08 bits per heavy atom. The van der Waals surface area contributed by atoms with Gasteiger partial charge in [0.25, 0.3) is 0 Å². The van der Waals surface area contributed by atoms with E-state index in [9.17, 15) is 0 Å². The van der Waals surface area contributed by atoms with Gasteiger partial charge < -0.3 is 10.1 Å². The zero-order valence-electron chi connectivity index (χ0n) is 7.60. The molecule has 13 heavy (non-hydrogen) atoms. The summed E-state index contributed by atoms with van der Waals surface area (Å²) in [6.07, 6.45) is 5.99. The number of hydrogen-bond donors (Lipinski definition) is 1. The van der Waals surface area contributed by atoms with E-state index in [4.69, 9.17) is 4.74 Å². The van der Waals surface area contributed by atoms with Crippen LogP contribution in [-0.4, -0.2) is 29.2 Å². The second kappa shape index (κ2) is 3.70. The molecule has 4 heteroatoms. The minimum Gasteiger partial charge on any atom is -0.381 e. The molecule has 0 saturated heterocycles. The molecule has 0 radical (unpaired) electrons. The van der Waals surface area contributed by atoms with Crippen molar-refractivity contribution >= 4 is 5.95 Å². The van der Waals surface area contributed by atoms with Crippen molar-refractivity contribution in [1.82, 2.24) is 9.97 Å². The SMILES string of the molecule is COC1CC(Nc2ncccn2)C1. The lowest BCUT2D eigenvalue weighted by molar-refractivity contribution is 0.0327. The van der Waals surface area contributed by atoms with Crippen LogP contribution in [0.15, 0.2) is 18.5 Å². The third-order valence-electron chi connectivity index (χ3n) is 2.33. The van der Waals surface area contributed by atoms with E-state index in [2.05, 4.69) is 15.3 Å². The predicted octanol–water partition coefficient (Wildman–Crippen LogP) is 1.07. The second-order valence-electron chi connectivity index (χ2n) is 3.24. The fraction of sp³-hybridized carbons (Fsp3) is 0.556. The van der Waals surface area contributed by atoms with E-state index in [0.29, 0.717) is 18.1 Å². The Labute approximate surface area is 77.4 Å². The zero-order valence-corrected chi connectivity index (χ0v) is 7.60. The molecular weight excluding hydrogens is 166 g/mol. The van der Waals surface area contributed by atoms with Crippen molar-refractivity contribution in [3.05, 3.63) is 18.5 Å². The molecule has 1 N–H and O–H groups in total. The molecule has 1 aliphatic carbocycles. The summed E-state index contributed by atoms with van der Waals surface area (Å²) in [4.78, 5) is 8.18. The highest BCUT2D eigenvalue weighted by Crippen LogP contribution is 2.24. The largest absolute Gasteiger partial charge is 0.381 e. The zero-order chi connectivity index (χ0) is 9.10. The number of nitrogens with zero attached hydrogens (tertiary/aromatic N) is 2. The number of methoxy groups -OCH3 is 1. The van der Waals surface area contributed by atoms with E-state index in [-0.39, 0.29) is 0 Å². The Kier molecular flexibility index (Phi) is 2.40. The number of nitrogens with one attached hydrogen (secondary N) is 1. The van der Waals surface area contributed by atoms with Crippen LogP contribution in [0.3, 0.4) is 0 Å². The third-order valence-corrected chi connectivity index (χ3v) is 2.33. The molecule has 0 amide bonds.